The summed E-state index contributed by atoms with van der Waals surface area (Å²) in [6.07, 6.45) is 2.49. The third kappa shape index (κ3) is 2.80. The average Bonchev–Trinajstić information content (AvgIpc) is 2.69. The number of nitrogens with zero attached hydrogens (tertiary/aromatic N) is 2. The van der Waals surface area contributed by atoms with Crippen molar-refractivity contribution < 1.29 is 13.2 Å². The maximum atomic E-state index is 12.0. The first-order valence-electron chi connectivity index (χ1n) is 5.68. The molecule has 8 heteroatoms. The Bertz CT molecular complexity index is 748. The van der Waals surface area contributed by atoms with E-state index in [2.05, 4.69) is 10.4 Å². The van der Waals surface area contributed by atoms with Crippen LogP contribution < -0.4 is 11.1 Å². The van der Waals surface area contributed by atoms with Crippen LogP contribution in [0.3, 0.4) is 0 Å². The summed E-state index contributed by atoms with van der Waals surface area (Å²) in [6.45, 7) is 0. The summed E-state index contributed by atoms with van der Waals surface area (Å²) < 4.78 is 24.0. The molecule has 3 N–H and O–H groups in total. The van der Waals surface area contributed by atoms with Crippen LogP contribution in [-0.4, -0.2) is 30.4 Å². The highest BCUT2D eigenvalue weighted by Gasteiger charge is 2.14. The van der Waals surface area contributed by atoms with E-state index in [1.165, 1.54) is 35.1 Å². The van der Waals surface area contributed by atoms with Crippen molar-refractivity contribution in [1.82, 2.24) is 9.78 Å². The third-order valence-corrected chi connectivity index (χ3v) is 3.90. The lowest BCUT2D eigenvalue weighted by Crippen LogP contribution is -2.13. The second-order valence-electron chi connectivity index (χ2n) is 4.32. The molecule has 1 aromatic heterocycles. The van der Waals surface area contributed by atoms with Gasteiger partial charge in [-0.15, -0.1) is 0 Å². The highest BCUT2D eigenvalue weighted by Crippen LogP contribution is 2.16. The summed E-state index contributed by atoms with van der Waals surface area (Å²) in [6, 6.07) is 5.89. The van der Waals surface area contributed by atoms with Crippen LogP contribution in [0.5, 0.6) is 0 Å². The van der Waals surface area contributed by atoms with Gasteiger partial charge in [-0.3, -0.25) is 9.48 Å². The van der Waals surface area contributed by atoms with Gasteiger partial charge in [0.25, 0.3) is 5.91 Å². The van der Waals surface area contributed by atoms with Gasteiger partial charge in [-0.25, -0.2) is 8.42 Å². The molecule has 0 saturated heterocycles. The largest absolute Gasteiger partial charge is 0.383 e. The second-order valence-corrected chi connectivity index (χ2v) is 6.33. The molecule has 1 heterocycles. The number of aryl methyl sites for hydroxylation is 1. The zero-order chi connectivity index (χ0) is 14.9. The highest BCUT2D eigenvalue weighted by molar-refractivity contribution is 7.90. The van der Waals surface area contributed by atoms with Crippen molar-refractivity contribution in [2.75, 3.05) is 17.3 Å². The van der Waals surface area contributed by atoms with Gasteiger partial charge < -0.3 is 11.1 Å². The van der Waals surface area contributed by atoms with Gasteiger partial charge in [-0.05, 0) is 24.3 Å². The minimum absolute atomic E-state index is 0.191. The van der Waals surface area contributed by atoms with E-state index in [1.807, 2.05) is 0 Å². The molecule has 1 aromatic carbocycles. The Labute approximate surface area is 116 Å². The number of benzene rings is 1. The highest BCUT2D eigenvalue weighted by atomic mass is 32.2. The van der Waals surface area contributed by atoms with Crippen LogP contribution in [0.15, 0.2) is 35.4 Å². The molecule has 2 rings (SSSR count). The van der Waals surface area contributed by atoms with Crippen molar-refractivity contribution in [2.45, 2.75) is 4.90 Å². The zero-order valence-corrected chi connectivity index (χ0v) is 11.8. The number of hydrogen-bond donors (Lipinski definition) is 2. The minimum atomic E-state index is -3.25. The molecule has 2 aromatic rings. The molecular formula is C12H14N4O3S. The molecule has 0 spiro atoms. The molecule has 0 aliphatic carbocycles. The van der Waals surface area contributed by atoms with Crippen LogP contribution in [-0.2, 0) is 16.9 Å². The molecule has 0 radical (unpaired) electrons. The van der Waals surface area contributed by atoms with Crippen LogP contribution in [0, 0.1) is 0 Å². The molecule has 0 aliphatic heterocycles. The molecule has 0 aliphatic rings. The van der Waals surface area contributed by atoms with Crippen molar-refractivity contribution in [3.8, 4) is 0 Å². The van der Waals surface area contributed by atoms with Crippen molar-refractivity contribution in [3.63, 3.8) is 0 Å². The quantitative estimate of drug-likeness (QED) is 0.864. The fourth-order valence-electron chi connectivity index (χ4n) is 1.61. The van der Waals surface area contributed by atoms with Gasteiger partial charge in [0.15, 0.2) is 9.84 Å². The molecule has 0 fully saturated rings. The van der Waals surface area contributed by atoms with Crippen molar-refractivity contribution >= 4 is 27.2 Å². The summed E-state index contributed by atoms with van der Waals surface area (Å²) in [4.78, 5) is 12.2. The molecule has 0 unspecified atom stereocenters. The number of nitrogens with one attached hydrogen (secondary N) is 1. The number of nitrogen functional groups attached to an aromatic ring is 1. The van der Waals surface area contributed by atoms with E-state index in [1.54, 1.807) is 7.05 Å². The van der Waals surface area contributed by atoms with Crippen molar-refractivity contribution in [3.05, 3.63) is 36.0 Å². The lowest BCUT2D eigenvalue weighted by Gasteiger charge is -2.05. The predicted octanol–water partition coefficient (Wildman–Crippen LogP) is 0.658. The van der Waals surface area contributed by atoms with Gasteiger partial charge in [-0.1, -0.05) is 0 Å². The predicted molar refractivity (Wildman–Crippen MR) is 75.1 cm³/mol. The van der Waals surface area contributed by atoms with E-state index in [0.717, 1.165) is 6.26 Å². The molecule has 1 amide bonds. The standard InChI is InChI=1S/C12H14N4O3S/c1-16-11(13)10(7-14-16)12(17)15-8-3-5-9(6-4-8)20(2,18)19/h3-7H,13H2,1-2H3,(H,15,17). The SMILES string of the molecule is Cn1ncc(C(=O)Nc2ccc(S(C)(=O)=O)cc2)c1N. The van der Waals surface area contributed by atoms with Gasteiger partial charge >= 0.3 is 0 Å². The van der Waals surface area contributed by atoms with E-state index < -0.39 is 15.7 Å². The van der Waals surface area contributed by atoms with E-state index in [0.29, 0.717) is 5.69 Å². The fraction of sp³-hybridized carbons (Fsp3) is 0.167. The second kappa shape index (κ2) is 4.97. The first-order valence-corrected chi connectivity index (χ1v) is 7.57. The number of nitrogens with two attached hydrogens (primary N) is 1. The summed E-state index contributed by atoms with van der Waals surface area (Å²) in [5.74, 6) is -0.141. The summed E-state index contributed by atoms with van der Waals surface area (Å²) >= 11 is 0. The minimum Gasteiger partial charge on any atom is -0.383 e. The Balaban J connectivity index is 2.19. The smallest absolute Gasteiger partial charge is 0.261 e. The molecule has 7 nitrogen and oxygen atoms in total. The maximum absolute atomic E-state index is 12.0. The van der Waals surface area contributed by atoms with Crippen molar-refractivity contribution in [2.24, 2.45) is 7.05 Å². The van der Waals surface area contributed by atoms with E-state index in [4.69, 9.17) is 5.73 Å². The Morgan fingerprint density at radius 1 is 1.30 bits per heavy atom. The summed E-state index contributed by atoms with van der Waals surface area (Å²) in [7, 11) is -1.62. The van der Waals surface area contributed by atoms with Gasteiger partial charge in [0.2, 0.25) is 0 Å². The van der Waals surface area contributed by atoms with Crippen LogP contribution in [0.2, 0.25) is 0 Å². The summed E-state index contributed by atoms with van der Waals surface area (Å²) in [5, 5.41) is 6.50. The third-order valence-electron chi connectivity index (χ3n) is 2.77. The molecular weight excluding hydrogens is 280 g/mol. The summed E-state index contributed by atoms with van der Waals surface area (Å²) in [5.41, 5.74) is 6.44. The van der Waals surface area contributed by atoms with Gasteiger partial charge in [0.05, 0.1) is 11.1 Å². The lowest BCUT2D eigenvalue weighted by atomic mass is 10.2. The van der Waals surface area contributed by atoms with E-state index >= 15 is 0 Å². The molecule has 0 bridgehead atoms. The Morgan fingerprint density at radius 2 is 1.90 bits per heavy atom. The monoisotopic (exact) mass is 294 g/mol. The number of sulfone groups is 1. The number of carbonyl (C=O) groups is 1. The van der Waals surface area contributed by atoms with Crippen LogP contribution in [0.4, 0.5) is 11.5 Å². The lowest BCUT2D eigenvalue weighted by molar-refractivity contribution is 0.102. The first-order chi connectivity index (χ1) is 9.29. The van der Waals surface area contributed by atoms with Gasteiger partial charge in [0.1, 0.15) is 11.4 Å². The van der Waals surface area contributed by atoms with Crippen molar-refractivity contribution in [1.29, 1.82) is 0 Å². The number of amides is 1. The van der Waals surface area contributed by atoms with Crippen LogP contribution in [0.1, 0.15) is 10.4 Å². The van der Waals surface area contributed by atoms with Gasteiger partial charge in [0, 0.05) is 19.0 Å². The molecule has 20 heavy (non-hydrogen) atoms. The number of anilines is 2. The molecule has 106 valence electrons. The average molecular weight is 294 g/mol. The van der Waals surface area contributed by atoms with E-state index in [-0.39, 0.29) is 16.3 Å². The first kappa shape index (κ1) is 14.1. The fourth-order valence-corrected chi connectivity index (χ4v) is 2.24. The normalized spacial score (nSPS) is 11.3. The Kier molecular flexibility index (Phi) is 3.49. The number of rotatable bonds is 3. The van der Waals surface area contributed by atoms with E-state index in [9.17, 15) is 13.2 Å². The topological polar surface area (TPSA) is 107 Å². The Hall–Kier alpha value is -2.35. The molecule has 0 atom stereocenters. The van der Waals surface area contributed by atoms with Crippen LogP contribution >= 0.6 is 0 Å². The number of aromatic nitrogens is 2. The maximum Gasteiger partial charge on any atom is 0.261 e. The number of carbonyl (C=O) groups excluding carboxylic acids is 1. The van der Waals surface area contributed by atoms with Crippen LogP contribution in [0.25, 0.3) is 0 Å². The molecule has 0 saturated carbocycles. The Morgan fingerprint density at radius 3 is 2.35 bits per heavy atom. The zero-order valence-electron chi connectivity index (χ0n) is 11.0. The van der Waals surface area contributed by atoms with Gasteiger partial charge in [-0.2, -0.15) is 5.10 Å². The number of hydrogen-bond acceptors (Lipinski definition) is 5.